The number of para-hydroxylation sites is 1. The second-order valence-electron chi connectivity index (χ2n) is 4.23. The van der Waals surface area contributed by atoms with E-state index in [0.717, 1.165) is 11.3 Å². The van der Waals surface area contributed by atoms with Gasteiger partial charge in [-0.15, -0.1) is 0 Å². The van der Waals surface area contributed by atoms with E-state index in [1.54, 1.807) is 36.2 Å². The molecule has 0 aliphatic carbocycles. The van der Waals surface area contributed by atoms with E-state index in [1.807, 2.05) is 30.3 Å². The van der Waals surface area contributed by atoms with Gasteiger partial charge in [-0.25, -0.2) is 0 Å². The Hall–Kier alpha value is -1.77. The molecule has 2 rings (SSSR count). The zero-order chi connectivity index (χ0) is 14.5. The van der Waals surface area contributed by atoms with Crippen LogP contribution in [0.15, 0.2) is 54.6 Å². The normalized spacial score (nSPS) is 10.8. The van der Waals surface area contributed by atoms with Crippen LogP contribution in [0.25, 0.3) is 6.08 Å². The van der Waals surface area contributed by atoms with E-state index >= 15 is 0 Å². The van der Waals surface area contributed by atoms with Crippen LogP contribution in [0, 0.1) is 0 Å². The van der Waals surface area contributed by atoms with Crippen molar-refractivity contribution in [3.8, 4) is 0 Å². The molecule has 0 bridgehead atoms. The number of halogens is 2. The molecule has 0 fully saturated rings. The van der Waals surface area contributed by atoms with Crippen LogP contribution >= 0.6 is 23.2 Å². The largest absolute Gasteiger partial charge is 0.312 e. The highest BCUT2D eigenvalue weighted by Crippen LogP contribution is 2.22. The van der Waals surface area contributed by atoms with Gasteiger partial charge in [0.05, 0.1) is 0 Å². The van der Waals surface area contributed by atoms with Crippen LogP contribution < -0.4 is 4.90 Å². The first kappa shape index (κ1) is 14.6. The lowest BCUT2D eigenvalue weighted by Crippen LogP contribution is -2.23. The highest BCUT2D eigenvalue weighted by molar-refractivity contribution is 6.35. The first-order valence-electron chi connectivity index (χ1n) is 6.04. The molecule has 0 heterocycles. The quantitative estimate of drug-likeness (QED) is 0.755. The van der Waals surface area contributed by atoms with Crippen LogP contribution in [0.2, 0.25) is 10.0 Å². The monoisotopic (exact) mass is 305 g/mol. The topological polar surface area (TPSA) is 20.3 Å². The fraction of sp³-hybridized carbons (Fsp3) is 0.0625. The SMILES string of the molecule is CN(C(=O)/C=C/c1ccc(Cl)cc1Cl)c1ccccc1. The van der Waals surface area contributed by atoms with Crippen LogP contribution in [0.1, 0.15) is 5.56 Å². The van der Waals surface area contributed by atoms with E-state index in [-0.39, 0.29) is 5.91 Å². The lowest BCUT2D eigenvalue weighted by molar-refractivity contribution is -0.113. The van der Waals surface area contributed by atoms with Crippen molar-refractivity contribution in [3.63, 3.8) is 0 Å². The van der Waals surface area contributed by atoms with Gasteiger partial charge in [-0.05, 0) is 35.9 Å². The van der Waals surface area contributed by atoms with Crippen molar-refractivity contribution in [2.45, 2.75) is 0 Å². The van der Waals surface area contributed by atoms with Crippen molar-refractivity contribution in [2.24, 2.45) is 0 Å². The van der Waals surface area contributed by atoms with Crippen LogP contribution in [0.5, 0.6) is 0 Å². The Labute approximate surface area is 128 Å². The van der Waals surface area contributed by atoms with Crippen molar-refractivity contribution < 1.29 is 4.79 Å². The molecule has 2 aromatic rings. The second kappa shape index (κ2) is 6.60. The van der Waals surface area contributed by atoms with Gasteiger partial charge in [-0.2, -0.15) is 0 Å². The Balaban J connectivity index is 2.13. The van der Waals surface area contributed by atoms with Crippen molar-refractivity contribution in [1.82, 2.24) is 0 Å². The standard InChI is InChI=1S/C16H13Cl2NO/c1-19(14-5-3-2-4-6-14)16(20)10-8-12-7-9-13(17)11-15(12)18/h2-11H,1H3/b10-8+. The molecule has 0 aromatic heterocycles. The molecule has 0 atom stereocenters. The molecule has 0 spiro atoms. The van der Waals surface area contributed by atoms with Crippen LogP contribution in [-0.4, -0.2) is 13.0 Å². The number of likely N-dealkylation sites (N-methyl/N-ethyl adjacent to an activating group) is 1. The van der Waals surface area contributed by atoms with Gasteiger partial charge >= 0.3 is 0 Å². The number of nitrogens with zero attached hydrogens (tertiary/aromatic N) is 1. The molecule has 4 heteroatoms. The predicted octanol–water partition coefficient (Wildman–Crippen LogP) is 4.67. The minimum atomic E-state index is -0.123. The highest BCUT2D eigenvalue weighted by Gasteiger charge is 2.07. The van der Waals surface area contributed by atoms with E-state index < -0.39 is 0 Å². The lowest BCUT2D eigenvalue weighted by Gasteiger charge is -2.14. The summed E-state index contributed by atoms with van der Waals surface area (Å²) in [6.07, 6.45) is 3.17. The van der Waals surface area contributed by atoms with Gasteiger partial charge in [0, 0.05) is 28.9 Å². The molecule has 0 unspecified atom stereocenters. The molecule has 102 valence electrons. The molecule has 0 saturated carbocycles. The van der Waals surface area contributed by atoms with Crippen molar-refractivity contribution in [1.29, 1.82) is 0 Å². The van der Waals surface area contributed by atoms with E-state index in [2.05, 4.69) is 0 Å². The van der Waals surface area contributed by atoms with Gasteiger partial charge < -0.3 is 4.90 Å². The maximum absolute atomic E-state index is 12.1. The van der Waals surface area contributed by atoms with Gasteiger partial charge in [0.15, 0.2) is 0 Å². The molecule has 2 nitrogen and oxygen atoms in total. The lowest BCUT2D eigenvalue weighted by atomic mass is 10.2. The molecule has 0 N–H and O–H groups in total. The number of carbonyl (C=O) groups is 1. The van der Waals surface area contributed by atoms with Crippen molar-refractivity contribution >= 4 is 40.9 Å². The molecule has 20 heavy (non-hydrogen) atoms. The number of amides is 1. The summed E-state index contributed by atoms with van der Waals surface area (Å²) >= 11 is 11.9. The molecule has 0 radical (unpaired) electrons. The summed E-state index contributed by atoms with van der Waals surface area (Å²) in [5, 5.41) is 1.09. The molecule has 0 saturated heterocycles. The number of hydrogen-bond acceptors (Lipinski definition) is 1. The Kier molecular flexibility index (Phi) is 4.83. The summed E-state index contributed by atoms with van der Waals surface area (Å²) in [6, 6.07) is 14.6. The Morgan fingerprint density at radius 1 is 1.10 bits per heavy atom. The summed E-state index contributed by atoms with van der Waals surface area (Å²) in [4.78, 5) is 13.6. The van der Waals surface area contributed by atoms with Gasteiger partial charge in [0.2, 0.25) is 0 Å². The van der Waals surface area contributed by atoms with Crippen molar-refractivity contribution in [3.05, 3.63) is 70.2 Å². The van der Waals surface area contributed by atoms with Gasteiger partial charge in [0.25, 0.3) is 5.91 Å². The third kappa shape index (κ3) is 3.62. The van der Waals surface area contributed by atoms with Crippen LogP contribution in [0.4, 0.5) is 5.69 Å². The number of anilines is 1. The summed E-state index contributed by atoms with van der Waals surface area (Å²) in [7, 11) is 1.73. The summed E-state index contributed by atoms with van der Waals surface area (Å²) in [5.74, 6) is -0.123. The fourth-order valence-corrected chi connectivity index (χ4v) is 2.16. The maximum atomic E-state index is 12.1. The number of benzene rings is 2. The highest BCUT2D eigenvalue weighted by atomic mass is 35.5. The van der Waals surface area contributed by atoms with E-state index in [4.69, 9.17) is 23.2 Å². The third-order valence-electron chi connectivity index (χ3n) is 2.84. The Morgan fingerprint density at radius 2 is 1.80 bits per heavy atom. The summed E-state index contributed by atoms with van der Waals surface area (Å²) in [5.41, 5.74) is 1.59. The molecular weight excluding hydrogens is 293 g/mol. The summed E-state index contributed by atoms with van der Waals surface area (Å²) < 4.78 is 0. The van der Waals surface area contributed by atoms with E-state index in [0.29, 0.717) is 10.0 Å². The van der Waals surface area contributed by atoms with Crippen LogP contribution in [-0.2, 0) is 4.79 Å². The molecule has 2 aromatic carbocycles. The molecular formula is C16H13Cl2NO. The Bertz CT molecular complexity index is 638. The molecule has 0 aliphatic heterocycles. The first-order valence-corrected chi connectivity index (χ1v) is 6.79. The Morgan fingerprint density at radius 3 is 2.45 bits per heavy atom. The smallest absolute Gasteiger partial charge is 0.250 e. The minimum Gasteiger partial charge on any atom is -0.312 e. The van der Waals surface area contributed by atoms with Gasteiger partial charge in [-0.1, -0.05) is 47.5 Å². The number of rotatable bonds is 3. The van der Waals surface area contributed by atoms with E-state index in [9.17, 15) is 4.79 Å². The number of carbonyl (C=O) groups excluding carboxylic acids is 1. The van der Waals surface area contributed by atoms with Crippen LogP contribution in [0.3, 0.4) is 0 Å². The molecule has 0 aliphatic rings. The number of hydrogen-bond donors (Lipinski definition) is 0. The van der Waals surface area contributed by atoms with Crippen molar-refractivity contribution in [2.75, 3.05) is 11.9 Å². The van der Waals surface area contributed by atoms with Gasteiger partial charge in [0.1, 0.15) is 0 Å². The summed E-state index contributed by atoms with van der Waals surface area (Å²) in [6.45, 7) is 0. The second-order valence-corrected chi connectivity index (χ2v) is 5.08. The zero-order valence-electron chi connectivity index (χ0n) is 10.9. The molecule has 1 amide bonds. The average Bonchev–Trinajstić information content (AvgIpc) is 2.46. The zero-order valence-corrected chi connectivity index (χ0v) is 12.4. The maximum Gasteiger partial charge on any atom is 0.250 e. The minimum absolute atomic E-state index is 0.123. The van der Waals surface area contributed by atoms with Gasteiger partial charge in [-0.3, -0.25) is 4.79 Å². The first-order chi connectivity index (χ1) is 9.58. The predicted molar refractivity (Wildman–Crippen MR) is 85.3 cm³/mol. The average molecular weight is 306 g/mol. The van der Waals surface area contributed by atoms with E-state index in [1.165, 1.54) is 6.08 Å². The fourth-order valence-electron chi connectivity index (χ4n) is 1.69. The third-order valence-corrected chi connectivity index (χ3v) is 3.40.